The molecule has 0 atom stereocenters. The van der Waals surface area contributed by atoms with Crippen molar-refractivity contribution >= 4 is 27.7 Å². The SMILES string of the molecule is O=C(NCc1ccc(CN2CCCC2=O)cc1)C1CCN(Cc2nc(-c3cccc(Br)c3)no2)CC1. The molecular formula is C27H30BrN5O3. The molecule has 0 spiro atoms. The van der Waals surface area contributed by atoms with Crippen LogP contribution in [0.4, 0.5) is 0 Å². The Kier molecular flexibility index (Phi) is 7.77. The number of piperidine rings is 1. The summed E-state index contributed by atoms with van der Waals surface area (Å²) in [7, 11) is 0. The van der Waals surface area contributed by atoms with Crippen LogP contribution < -0.4 is 5.32 Å². The predicted molar refractivity (Wildman–Crippen MR) is 138 cm³/mol. The van der Waals surface area contributed by atoms with Gasteiger partial charge in [0.2, 0.25) is 23.5 Å². The zero-order valence-electron chi connectivity index (χ0n) is 20.2. The fraction of sp³-hybridized carbons (Fsp3) is 0.407. The molecule has 2 aromatic carbocycles. The number of aromatic nitrogens is 2. The molecule has 36 heavy (non-hydrogen) atoms. The van der Waals surface area contributed by atoms with Crippen molar-refractivity contribution in [1.82, 2.24) is 25.3 Å². The van der Waals surface area contributed by atoms with Crippen molar-refractivity contribution in [3.8, 4) is 11.4 Å². The molecule has 1 N–H and O–H groups in total. The molecule has 3 aromatic rings. The lowest BCUT2D eigenvalue weighted by atomic mass is 9.96. The highest BCUT2D eigenvalue weighted by Gasteiger charge is 2.26. The average molecular weight is 552 g/mol. The first-order chi connectivity index (χ1) is 17.5. The van der Waals surface area contributed by atoms with E-state index in [1.807, 2.05) is 53.4 Å². The van der Waals surface area contributed by atoms with Crippen LogP contribution in [0, 0.1) is 5.92 Å². The van der Waals surface area contributed by atoms with Crippen molar-refractivity contribution in [3.63, 3.8) is 0 Å². The van der Waals surface area contributed by atoms with Crippen molar-refractivity contribution < 1.29 is 14.1 Å². The normalized spacial score (nSPS) is 17.0. The van der Waals surface area contributed by atoms with Gasteiger partial charge in [-0.15, -0.1) is 0 Å². The minimum Gasteiger partial charge on any atom is -0.352 e. The predicted octanol–water partition coefficient (Wildman–Crippen LogP) is 4.15. The van der Waals surface area contributed by atoms with Gasteiger partial charge in [0.25, 0.3) is 0 Å². The van der Waals surface area contributed by atoms with Crippen LogP contribution in [0.1, 0.15) is 42.7 Å². The molecule has 9 heteroatoms. The summed E-state index contributed by atoms with van der Waals surface area (Å²) < 4.78 is 6.43. The second-order valence-electron chi connectivity index (χ2n) is 9.53. The van der Waals surface area contributed by atoms with Crippen molar-refractivity contribution in [1.29, 1.82) is 0 Å². The first-order valence-electron chi connectivity index (χ1n) is 12.5. The van der Waals surface area contributed by atoms with Gasteiger partial charge in [-0.3, -0.25) is 14.5 Å². The smallest absolute Gasteiger partial charge is 0.241 e. The Hall–Kier alpha value is -3.04. The molecule has 2 fully saturated rings. The van der Waals surface area contributed by atoms with E-state index in [9.17, 15) is 9.59 Å². The first-order valence-corrected chi connectivity index (χ1v) is 13.3. The van der Waals surface area contributed by atoms with E-state index in [1.165, 1.54) is 0 Å². The van der Waals surface area contributed by atoms with Gasteiger partial charge in [0.1, 0.15) is 0 Å². The van der Waals surface area contributed by atoms with Crippen LogP contribution in [0.3, 0.4) is 0 Å². The highest BCUT2D eigenvalue weighted by Crippen LogP contribution is 2.23. The monoisotopic (exact) mass is 551 g/mol. The fourth-order valence-corrected chi connectivity index (χ4v) is 5.20. The number of nitrogens with zero attached hydrogens (tertiary/aromatic N) is 4. The number of carbonyl (C=O) groups excluding carboxylic acids is 2. The molecule has 2 amide bonds. The van der Waals surface area contributed by atoms with Gasteiger partial charge in [-0.1, -0.05) is 57.5 Å². The second-order valence-corrected chi connectivity index (χ2v) is 10.4. The zero-order chi connectivity index (χ0) is 24.9. The molecule has 188 valence electrons. The largest absolute Gasteiger partial charge is 0.352 e. The number of carbonyl (C=O) groups is 2. The van der Waals surface area contributed by atoms with Crippen LogP contribution in [0.25, 0.3) is 11.4 Å². The minimum atomic E-state index is 0.0154. The van der Waals surface area contributed by atoms with Crippen molar-refractivity contribution in [2.75, 3.05) is 19.6 Å². The van der Waals surface area contributed by atoms with Crippen LogP contribution in [-0.2, 0) is 29.2 Å². The molecule has 1 aromatic heterocycles. The van der Waals surface area contributed by atoms with Gasteiger partial charge in [0, 0.05) is 42.0 Å². The van der Waals surface area contributed by atoms with Gasteiger partial charge < -0.3 is 14.7 Å². The number of rotatable bonds is 8. The average Bonchev–Trinajstić information content (AvgIpc) is 3.53. The molecule has 0 unspecified atom stereocenters. The van der Waals surface area contributed by atoms with Gasteiger partial charge in [0.05, 0.1) is 6.54 Å². The maximum atomic E-state index is 12.7. The molecule has 0 saturated carbocycles. The third-order valence-electron chi connectivity index (χ3n) is 6.90. The Morgan fingerprint density at radius 2 is 1.83 bits per heavy atom. The Morgan fingerprint density at radius 1 is 1.06 bits per heavy atom. The van der Waals surface area contributed by atoms with Crippen molar-refractivity contribution in [3.05, 3.63) is 70.0 Å². The van der Waals surface area contributed by atoms with E-state index in [4.69, 9.17) is 4.52 Å². The third-order valence-corrected chi connectivity index (χ3v) is 7.40. The molecule has 5 rings (SSSR count). The fourth-order valence-electron chi connectivity index (χ4n) is 4.80. The number of hydrogen-bond donors (Lipinski definition) is 1. The Balaban J connectivity index is 1.05. The number of amides is 2. The highest BCUT2D eigenvalue weighted by atomic mass is 79.9. The second kappa shape index (κ2) is 11.3. The van der Waals surface area contributed by atoms with E-state index >= 15 is 0 Å². The van der Waals surface area contributed by atoms with Crippen molar-refractivity contribution in [2.45, 2.75) is 45.3 Å². The standard InChI is InChI=1S/C27H30BrN5O3/c28-23-4-1-3-22(15-23)26-30-24(36-31-26)18-32-13-10-21(11-14-32)27(35)29-16-19-6-8-20(9-7-19)17-33-12-2-5-25(33)34/h1,3-4,6-9,15,21H,2,5,10-14,16-18H2,(H,29,35). The van der Waals surface area contributed by atoms with E-state index in [1.54, 1.807) is 0 Å². The Bertz CT molecular complexity index is 1200. The number of likely N-dealkylation sites (tertiary alicyclic amines) is 2. The van der Waals surface area contributed by atoms with Crippen LogP contribution in [0.5, 0.6) is 0 Å². The molecular weight excluding hydrogens is 522 g/mol. The molecule has 3 heterocycles. The van der Waals surface area contributed by atoms with E-state index < -0.39 is 0 Å². The van der Waals surface area contributed by atoms with Gasteiger partial charge >= 0.3 is 0 Å². The van der Waals surface area contributed by atoms with Crippen molar-refractivity contribution in [2.24, 2.45) is 5.92 Å². The van der Waals surface area contributed by atoms with E-state index in [0.717, 1.165) is 60.1 Å². The summed E-state index contributed by atoms with van der Waals surface area (Å²) in [6.07, 6.45) is 3.22. The number of halogens is 1. The van der Waals surface area contributed by atoms with Gasteiger partial charge in [-0.05, 0) is 55.6 Å². The first kappa shape index (κ1) is 24.6. The van der Waals surface area contributed by atoms with Crippen LogP contribution in [0.2, 0.25) is 0 Å². The minimum absolute atomic E-state index is 0.0154. The Morgan fingerprint density at radius 3 is 2.56 bits per heavy atom. The molecule has 2 aliphatic heterocycles. The zero-order valence-corrected chi connectivity index (χ0v) is 21.7. The lowest BCUT2D eigenvalue weighted by Crippen LogP contribution is -2.40. The van der Waals surface area contributed by atoms with E-state index in [2.05, 4.69) is 36.3 Å². The molecule has 0 bridgehead atoms. The molecule has 2 aliphatic rings. The van der Waals surface area contributed by atoms with Crippen LogP contribution >= 0.6 is 15.9 Å². The maximum absolute atomic E-state index is 12.7. The summed E-state index contributed by atoms with van der Waals surface area (Å²) in [6, 6.07) is 16.0. The lowest BCUT2D eigenvalue weighted by Gasteiger charge is -2.30. The quantitative estimate of drug-likeness (QED) is 0.452. The van der Waals surface area contributed by atoms with Gasteiger partial charge in [-0.2, -0.15) is 4.98 Å². The van der Waals surface area contributed by atoms with Crippen LogP contribution in [-0.4, -0.2) is 51.4 Å². The molecule has 0 aliphatic carbocycles. The molecule has 0 radical (unpaired) electrons. The lowest BCUT2D eigenvalue weighted by molar-refractivity contribution is -0.128. The third kappa shape index (κ3) is 6.20. The molecule has 2 saturated heterocycles. The Labute approximate surface area is 219 Å². The highest BCUT2D eigenvalue weighted by molar-refractivity contribution is 9.10. The summed E-state index contributed by atoms with van der Waals surface area (Å²) in [5, 5.41) is 7.20. The number of hydrogen-bond acceptors (Lipinski definition) is 6. The number of benzene rings is 2. The number of nitrogens with one attached hydrogen (secondary N) is 1. The topological polar surface area (TPSA) is 91.6 Å². The summed E-state index contributed by atoms with van der Waals surface area (Å²) in [5.74, 6) is 1.53. The van der Waals surface area contributed by atoms with E-state index in [-0.39, 0.29) is 17.7 Å². The van der Waals surface area contributed by atoms with Gasteiger partial charge in [-0.25, -0.2) is 0 Å². The van der Waals surface area contributed by atoms with Crippen LogP contribution in [0.15, 0.2) is 57.5 Å². The summed E-state index contributed by atoms with van der Waals surface area (Å²) in [6.45, 7) is 4.25. The summed E-state index contributed by atoms with van der Waals surface area (Å²) in [5.41, 5.74) is 3.10. The summed E-state index contributed by atoms with van der Waals surface area (Å²) in [4.78, 5) is 33.2. The van der Waals surface area contributed by atoms with E-state index in [0.29, 0.717) is 37.8 Å². The maximum Gasteiger partial charge on any atom is 0.241 e. The molecule has 8 nitrogen and oxygen atoms in total. The van der Waals surface area contributed by atoms with Gasteiger partial charge in [0.15, 0.2) is 0 Å². The summed E-state index contributed by atoms with van der Waals surface area (Å²) >= 11 is 3.47.